The molecule has 0 radical (unpaired) electrons. The van der Waals surface area contributed by atoms with Crippen LogP contribution in [0, 0.1) is 17.0 Å². The lowest BCUT2D eigenvalue weighted by Crippen LogP contribution is -2.45. The highest BCUT2D eigenvalue weighted by Crippen LogP contribution is 2.29. The Balaban J connectivity index is 1.77. The first-order valence-electron chi connectivity index (χ1n) is 8.91. The SMILES string of the molecule is Cc1cn([C@H]2C[C@H](N[S+](=O)([O-])Cc3cccc([N+](=O)[O-])c3)[C@@H](CO)O2)c(=O)[nH]c1=O. The van der Waals surface area contributed by atoms with Gasteiger partial charge in [-0.15, -0.1) is 4.72 Å². The second-order valence-electron chi connectivity index (χ2n) is 6.94. The van der Waals surface area contributed by atoms with Crippen LogP contribution in [0.1, 0.15) is 23.8 Å². The zero-order valence-electron chi connectivity index (χ0n) is 15.8. The number of aliphatic hydroxyl groups is 1. The molecule has 1 saturated heterocycles. The number of aromatic amines is 1. The maximum Gasteiger partial charge on any atom is 0.330 e. The number of benzene rings is 1. The molecule has 162 valence electrons. The zero-order valence-corrected chi connectivity index (χ0v) is 16.7. The molecule has 0 aliphatic carbocycles. The van der Waals surface area contributed by atoms with Gasteiger partial charge in [0.15, 0.2) is 5.75 Å². The maximum atomic E-state index is 12.6. The van der Waals surface area contributed by atoms with E-state index >= 15 is 0 Å². The van der Waals surface area contributed by atoms with Gasteiger partial charge in [-0.25, -0.2) is 4.79 Å². The molecule has 3 N–H and O–H groups in total. The van der Waals surface area contributed by atoms with Gasteiger partial charge >= 0.3 is 5.69 Å². The lowest BCUT2D eigenvalue weighted by molar-refractivity contribution is -0.384. The monoisotopic (exact) mass is 440 g/mol. The molecule has 0 bridgehead atoms. The van der Waals surface area contributed by atoms with Crippen LogP contribution in [0.4, 0.5) is 5.69 Å². The summed E-state index contributed by atoms with van der Waals surface area (Å²) < 4.78 is 34.3. The molecule has 1 aromatic heterocycles. The molecule has 0 spiro atoms. The van der Waals surface area contributed by atoms with Gasteiger partial charge in [-0.3, -0.25) is 24.5 Å². The van der Waals surface area contributed by atoms with Crippen molar-refractivity contribution in [3.8, 4) is 0 Å². The number of hydrogen-bond acceptors (Lipinski definition) is 8. The smallest absolute Gasteiger partial charge is 0.330 e. The van der Waals surface area contributed by atoms with Crippen LogP contribution in [0.2, 0.25) is 0 Å². The number of aliphatic hydroxyl groups excluding tert-OH is 1. The van der Waals surface area contributed by atoms with Crippen molar-refractivity contribution < 1.29 is 23.5 Å². The molecule has 0 amide bonds. The fourth-order valence-corrected chi connectivity index (χ4v) is 4.66. The summed E-state index contributed by atoms with van der Waals surface area (Å²) in [5.74, 6) is -0.508. The molecule has 1 unspecified atom stereocenters. The van der Waals surface area contributed by atoms with Crippen molar-refractivity contribution in [3.63, 3.8) is 0 Å². The summed E-state index contributed by atoms with van der Waals surface area (Å²) in [6, 6.07) is 4.41. The quantitative estimate of drug-likeness (QED) is 0.299. The Morgan fingerprint density at radius 2 is 2.17 bits per heavy atom. The highest BCUT2D eigenvalue weighted by molar-refractivity contribution is 7.95. The topological polar surface area (TPSA) is 180 Å². The van der Waals surface area contributed by atoms with E-state index in [1.807, 2.05) is 0 Å². The molecule has 12 nitrogen and oxygen atoms in total. The summed E-state index contributed by atoms with van der Waals surface area (Å²) >= 11 is 0. The number of nitrogens with one attached hydrogen (secondary N) is 2. The molecular formula is C17H20N4O8S. The fraction of sp³-hybridized carbons (Fsp3) is 0.412. The maximum absolute atomic E-state index is 12.6. The minimum Gasteiger partial charge on any atom is -0.597 e. The minimum atomic E-state index is -3.94. The van der Waals surface area contributed by atoms with Crippen molar-refractivity contribution in [1.29, 1.82) is 0 Å². The molecule has 1 aliphatic rings. The van der Waals surface area contributed by atoms with Gasteiger partial charge in [-0.2, -0.15) is 0 Å². The van der Waals surface area contributed by atoms with Gasteiger partial charge in [0.05, 0.1) is 17.6 Å². The number of non-ortho nitro benzene ring substituents is 1. The predicted octanol–water partition coefficient (Wildman–Crippen LogP) is -0.264. The summed E-state index contributed by atoms with van der Waals surface area (Å²) in [6.07, 6.45) is -0.477. The van der Waals surface area contributed by atoms with Gasteiger partial charge in [0, 0.05) is 35.9 Å². The minimum absolute atomic E-state index is 0.0325. The van der Waals surface area contributed by atoms with E-state index in [2.05, 4.69) is 9.71 Å². The summed E-state index contributed by atoms with van der Waals surface area (Å²) in [5, 5.41) is 20.4. The van der Waals surface area contributed by atoms with Gasteiger partial charge in [0.25, 0.3) is 11.2 Å². The zero-order chi connectivity index (χ0) is 22.1. The summed E-state index contributed by atoms with van der Waals surface area (Å²) in [4.78, 5) is 36.0. The van der Waals surface area contributed by atoms with Gasteiger partial charge in [-0.1, -0.05) is 16.3 Å². The number of ether oxygens (including phenoxy) is 1. The van der Waals surface area contributed by atoms with E-state index in [0.29, 0.717) is 0 Å². The van der Waals surface area contributed by atoms with Gasteiger partial charge in [-0.05, 0) is 6.92 Å². The normalized spacial score (nSPS) is 23.2. The number of rotatable bonds is 7. The van der Waals surface area contributed by atoms with Gasteiger partial charge in [0.2, 0.25) is 0 Å². The first kappa shape index (κ1) is 22.0. The third kappa shape index (κ3) is 4.88. The Kier molecular flexibility index (Phi) is 6.28. The molecule has 3 rings (SSSR count). The number of nitrogens with zero attached hydrogens (tertiary/aromatic N) is 2. The van der Waals surface area contributed by atoms with Crippen molar-refractivity contribution in [1.82, 2.24) is 14.3 Å². The number of hydrogen-bond donors (Lipinski definition) is 3. The highest BCUT2D eigenvalue weighted by Gasteiger charge is 2.40. The number of sulfonamides is 1. The number of aryl methyl sites for hydroxylation is 1. The highest BCUT2D eigenvalue weighted by atomic mass is 32.3. The molecule has 30 heavy (non-hydrogen) atoms. The molecule has 0 saturated carbocycles. The molecule has 2 heterocycles. The average Bonchev–Trinajstić information content (AvgIpc) is 3.06. The first-order valence-corrected chi connectivity index (χ1v) is 10.6. The lowest BCUT2D eigenvalue weighted by atomic mass is 10.1. The van der Waals surface area contributed by atoms with E-state index in [1.54, 1.807) is 0 Å². The third-order valence-electron chi connectivity index (χ3n) is 4.68. The Bertz CT molecular complexity index is 1110. The largest absolute Gasteiger partial charge is 0.597 e. The summed E-state index contributed by atoms with van der Waals surface area (Å²) in [5.41, 5.74) is -0.990. The molecule has 4 atom stereocenters. The van der Waals surface area contributed by atoms with Crippen molar-refractivity contribution in [2.24, 2.45) is 0 Å². The number of nitro groups is 1. The van der Waals surface area contributed by atoms with Crippen molar-refractivity contribution >= 4 is 16.1 Å². The van der Waals surface area contributed by atoms with E-state index in [-0.39, 0.29) is 23.2 Å². The second-order valence-corrected chi connectivity index (χ2v) is 8.69. The van der Waals surface area contributed by atoms with Gasteiger partial charge < -0.3 is 14.4 Å². The first-order chi connectivity index (χ1) is 14.1. The van der Waals surface area contributed by atoms with Crippen LogP contribution in [-0.4, -0.2) is 42.9 Å². The van der Waals surface area contributed by atoms with E-state index in [0.717, 1.165) is 4.57 Å². The Labute approximate surface area is 171 Å². The molecule has 2 aromatic rings. The number of nitro benzene ring substituents is 1. The molecule has 1 aliphatic heterocycles. The standard InChI is InChI=1S/C17H20N4O8S/c1-10-7-20(17(24)18-16(10)23)15-6-13(14(8-22)29-15)19-30(27,28)9-11-3-2-4-12(5-11)21(25)26/h2-5,7,13-15,22H,6,8-9H2,1H3,(H2-,18,19,23,24,27,28)/t13-,14+,15+/m0/s1. The number of H-pyrrole nitrogens is 1. The third-order valence-corrected chi connectivity index (χ3v) is 6.06. The van der Waals surface area contributed by atoms with E-state index in [9.17, 15) is 33.6 Å². The average molecular weight is 440 g/mol. The fourth-order valence-electron chi connectivity index (χ4n) is 3.25. The molecular weight excluding hydrogens is 420 g/mol. The van der Waals surface area contributed by atoms with Crippen LogP contribution < -0.4 is 16.0 Å². The number of aromatic nitrogens is 2. The van der Waals surface area contributed by atoms with Crippen LogP contribution in [0.25, 0.3) is 0 Å². The van der Waals surface area contributed by atoms with Crippen LogP contribution in [-0.2, 0) is 25.1 Å². The van der Waals surface area contributed by atoms with E-state index in [1.165, 1.54) is 37.4 Å². The van der Waals surface area contributed by atoms with Crippen LogP contribution in [0.5, 0.6) is 0 Å². The molecule has 1 aromatic carbocycles. The predicted molar refractivity (Wildman–Crippen MR) is 104 cm³/mol. The second kappa shape index (κ2) is 8.57. The Morgan fingerprint density at radius 3 is 2.83 bits per heavy atom. The Morgan fingerprint density at radius 1 is 1.43 bits per heavy atom. The van der Waals surface area contributed by atoms with E-state index < -0.39 is 57.3 Å². The molecule has 13 heteroatoms. The van der Waals surface area contributed by atoms with Crippen molar-refractivity contribution in [3.05, 3.63) is 72.5 Å². The summed E-state index contributed by atoms with van der Waals surface area (Å²) in [7, 11) is -3.94. The lowest BCUT2D eigenvalue weighted by Gasteiger charge is -2.22. The van der Waals surface area contributed by atoms with Crippen molar-refractivity contribution in [2.45, 2.75) is 37.5 Å². The van der Waals surface area contributed by atoms with Crippen molar-refractivity contribution in [2.75, 3.05) is 6.61 Å². The van der Waals surface area contributed by atoms with Crippen LogP contribution in [0.15, 0.2) is 40.1 Å². The summed E-state index contributed by atoms with van der Waals surface area (Å²) in [6.45, 7) is 1.00. The Hall–Kier alpha value is -2.71. The van der Waals surface area contributed by atoms with Crippen LogP contribution in [0.3, 0.4) is 0 Å². The van der Waals surface area contributed by atoms with Crippen LogP contribution >= 0.6 is 0 Å². The van der Waals surface area contributed by atoms with Gasteiger partial charge in [0.1, 0.15) is 22.7 Å². The molecule has 1 fully saturated rings. The van der Waals surface area contributed by atoms with E-state index in [4.69, 9.17) is 4.74 Å².